The number of halogens is 1. The van der Waals surface area contributed by atoms with E-state index in [2.05, 4.69) is 20.8 Å². The van der Waals surface area contributed by atoms with E-state index in [0.29, 0.717) is 11.4 Å². The largest absolute Gasteiger partial charge is 0.385 e. The summed E-state index contributed by atoms with van der Waals surface area (Å²) in [7, 11) is 0. The number of rotatable bonds is 4. The number of nitrogens with zero attached hydrogens (tertiary/aromatic N) is 2. The number of anilines is 2. The molecule has 1 aromatic carbocycles. The first-order chi connectivity index (χ1) is 9.20. The van der Waals surface area contributed by atoms with Crippen LogP contribution in [0, 0.1) is 0 Å². The van der Waals surface area contributed by atoms with E-state index in [1.807, 2.05) is 25.1 Å². The standard InChI is InChI=1S/C13H13ClN4O/c1-2-15-10-6-4-3-5-9(10)13(19)16-12-8-7-11(14)17-18-12/h3-8,15H,2H2,1H3,(H,16,18,19). The molecule has 0 radical (unpaired) electrons. The third-order valence-corrected chi connectivity index (χ3v) is 2.61. The molecule has 0 atom stereocenters. The van der Waals surface area contributed by atoms with Crippen molar-refractivity contribution in [3.63, 3.8) is 0 Å². The molecule has 0 bridgehead atoms. The molecule has 0 aliphatic heterocycles. The highest BCUT2D eigenvalue weighted by molar-refractivity contribution is 6.29. The topological polar surface area (TPSA) is 66.9 Å². The van der Waals surface area contributed by atoms with E-state index in [4.69, 9.17) is 11.6 Å². The summed E-state index contributed by atoms with van der Waals surface area (Å²) in [6, 6.07) is 10.5. The molecule has 0 fully saturated rings. The molecule has 0 saturated carbocycles. The van der Waals surface area contributed by atoms with Crippen molar-refractivity contribution in [3.8, 4) is 0 Å². The van der Waals surface area contributed by atoms with Gasteiger partial charge in [0, 0.05) is 12.2 Å². The second-order valence-corrected chi connectivity index (χ2v) is 4.16. The Morgan fingerprint density at radius 2 is 2.00 bits per heavy atom. The van der Waals surface area contributed by atoms with E-state index in [-0.39, 0.29) is 11.1 Å². The van der Waals surface area contributed by atoms with Crippen molar-refractivity contribution >= 4 is 29.0 Å². The molecule has 98 valence electrons. The van der Waals surface area contributed by atoms with Crippen LogP contribution >= 0.6 is 11.6 Å². The number of nitrogens with one attached hydrogen (secondary N) is 2. The van der Waals surface area contributed by atoms with E-state index in [1.54, 1.807) is 18.2 Å². The highest BCUT2D eigenvalue weighted by Crippen LogP contribution is 2.16. The van der Waals surface area contributed by atoms with Crippen molar-refractivity contribution in [2.75, 3.05) is 17.2 Å². The Bertz CT molecular complexity index is 571. The number of carbonyl (C=O) groups excluding carboxylic acids is 1. The quantitative estimate of drug-likeness (QED) is 0.901. The molecule has 19 heavy (non-hydrogen) atoms. The van der Waals surface area contributed by atoms with Crippen LogP contribution in [0.15, 0.2) is 36.4 Å². The summed E-state index contributed by atoms with van der Waals surface area (Å²) in [5.41, 5.74) is 1.34. The van der Waals surface area contributed by atoms with Crippen LogP contribution in [-0.4, -0.2) is 22.6 Å². The molecule has 1 amide bonds. The third kappa shape index (κ3) is 3.42. The van der Waals surface area contributed by atoms with E-state index in [9.17, 15) is 4.79 Å². The lowest BCUT2D eigenvalue weighted by Crippen LogP contribution is -2.15. The Hall–Kier alpha value is -2.14. The Labute approximate surface area is 116 Å². The normalized spacial score (nSPS) is 10.0. The fourth-order valence-electron chi connectivity index (χ4n) is 1.59. The maximum Gasteiger partial charge on any atom is 0.258 e. The monoisotopic (exact) mass is 276 g/mol. The van der Waals surface area contributed by atoms with Gasteiger partial charge in [-0.1, -0.05) is 23.7 Å². The van der Waals surface area contributed by atoms with Gasteiger partial charge in [0.1, 0.15) is 0 Å². The Kier molecular flexibility index (Phi) is 4.30. The second-order valence-electron chi connectivity index (χ2n) is 3.77. The number of benzene rings is 1. The van der Waals surface area contributed by atoms with Gasteiger partial charge in [0.25, 0.3) is 5.91 Å². The molecule has 1 aromatic heterocycles. The van der Waals surface area contributed by atoms with Gasteiger partial charge in [0.05, 0.1) is 5.56 Å². The molecule has 2 aromatic rings. The zero-order valence-electron chi connectivity index (χ0n) is 10.4. The molecule has 1 heterocycles. The van der Waals surface area contributed by atoms with Crippen LogP contribution in [0.2, 0.25) is 5.15 Å². The molecule has 0 aliphatic rings. The highest BCUT2D eigenvalue weighted by atomic mass is 35.5. The van der Waals surface area contributed by atoms with Crippen LogP contribution in [0.5, 0.6) is 0 Å². The van der Waals surface area contributed by atoms with Crippen molar-refractivity contribution in [2.24, 2.45) is 0 Å². The minimum Gasteiger partial charge on any atom is -0.385 e. The minimum absolute atomic E-state index is 0.242. The molecule has 5 nitrogen and oxygen atoms in total. The zero-order valence-corrected chi connectivity index (χ0v) is 11.1. The first-order valence-electron chi connectivity index (χ1n) is 5.84. The van der Waals surface area contributed by atoms with E-state index >= 15 is 0 Å². The molecule has 2 N–H and O–H groups in total. The van der Waals surface area contributed by atoms with E-state index < -0.39 is 0 Å². The van der Waals surface area contributed by atoms with Gasteiger partial charge in [-0.2, -0.15) is 0 Å². The molecule has 0 unspecified atom stereocenters. The fraction of sp³-hybridized carbons (Fsp3) is 0.154. The van der Waals surface area contributed by atoms with Gasteiger partial charge in [-0.05, 0) is 31.2 Å². The first kappa shape index (κ1) is 13.3. The van der Waals surface area contributed by atoms with Crippen LogP contribution in [0.4, 0.5) is 11.5 Å². The van der Waals surface area contributed by atoms with Crippen LogP contribution in [-0.2, 0) is 0 Å². The smallest absolute Gasteiger partial charge is 0.258 e. The van der Waals surface area contributed by atoms with Crippen LogP contribution in [0.1, 0.15) is 17.3 Å². The van der Waals surface area contributed by atoms with E-state index in [0.717, 1.165) is 12.2 Å². The van der Waals surface area contributed by atoms with Gasteiger partial charge in [-0.3, -0.25) is 4.79 Å². The predicted molar refractivity (Wildman–Crippen MR) is 75.6 cm³/mol. The van der Waals surface area contributed by atoms with E-state index in [1.165, 1.54) is 0 Å². The fourth-order valence-corrected chi connectivity index (χ4v) is 1.69. The molecule has 6 heteroatoms. The van der Waals surface area contributed by atoms with Crippen LogP contribution < -0.4 is 10.6 Å². The second kappa shape index (κ2) is 6.15. The zero-order chi connectivity index (χ0) is 13.7. The molecule has 2 rings (SSSR count). The van der Waals surface area contributed by atoms with Gasteiger partial charge < -0.3 is 10.6 Å². The number of carbonyl (C=O) groups is 1. The van der Waals surface area contributed by atoms with Gasteiger partial charge >= 0.3 is 0 Å². The summed E-state index contributed by atoms with van der Waals surface area (Å²) < 4.78 is 0. The van der Waals surface area contributed by atoms with Crippen LogP contribution in [0.25, 0.3) is 0 Å². The average molecular weight is 277 g/mol. The number of hydrogen-bond donors (Lipinski definition) is 2. The Morgan fingerprint density at radius 1 is 1.21 bits per heavy atom. The molecule has 0 spiro atoms. The van der Waals surface area contributed by atoms with Crippen molar-refractivity contribution in [3.05, 3.63) is 47.1 Å². The highest BCUT2D eigenvalue weighted by Gasteiger charge is 2.11. The maximum absolute atomic E-state index is 12.1. The Morgan fingerprint density at radius 3 is 2.68 bits per heavy atom. The van der Waals surface area contributed by atoms with Gasteiger partial charge in [0.15, 0.2) is 11.0 Å². The number of aromatic nitrogens is 2. The predicted octanol–water partition coefficient (Wildman–Crippen LogP) is 2.81. The number of hydrogen-bond acceptors (Lipinski definition) is 4. The average Bonchev–Trinajstić information content (AvgIpc) is 2.42. The van der Waals surface area contributed by atoms with Crippen molar-refractivity contribution < 1.29 is 4.79 Å². The lowest BCUT2D eigenvalue weighted by Gasteiger charge is -2.10. The summed E-state index contributed by atoms with van der Waals surface area (Å²) in [5.74, 6) is 0.119. The summed E-state index contributed by atoms with van der Waals surface area (Å²) in [5, 5.41) is 13.5. The maximum atomic E-state index is 12.1. The molecular weight excluding hydrogens is 264 g/mol. The Balaban J connectivity index is 2.18. The van der Waals surface area contributed by atoms with Crippen molar-refractivity contribution in [1.29, 1.82) is 0 Å². The van der Waals surface area contributed by atoms with Crippen LogP contribution in [0.3, 0.4) is 0 Å². The van der Waals surface area contributed by atoms with Gasteiger partial charge in [0.2, 0.25) is 0 Å². The lowest BCUT2D eigenvalue weighted by atomic mass is 10.1. The number of amides is 1. The SMILES string of the molecule is CCNc1ccccc1C(=O)Nc1ccc(Cl)nn1. The summed E-state index contributed by atoms with van der Waals surface area (Å²) in [4.78, 5) is 12.1. The molecule has 0 saturated heterocycles. The summed E-state index contributed by atoms with van der Waals surface area (Å²) >= 11 is 5.64. The van der Waals surface area contributed by atoms with Crippen molar-refractivity contribution in [2.45, 2.75) is 6.92 Å². The molecule has 0 aliphatic carbocycles. The number of para-hydroxylation sites is 1. The van der Waals surface area contributed by atoms with Crippen molar-refractivity contribution in [1.82, 2.24) is 10.2 Å². The van der Waals surface area contributed by atoms with Gasteiger partial charge in [-0.25, -0.2) is 0 Å². The minimum atomic E-state index is -0.242. The summed E-state index contributed by atoms with van der Waals surface area (Å²) in [6.45, 7) is 2.71. The lowest BCUT2D eigenvalue weighted by molar-refractivity contribution is 0.102. The third-order valence-electron chi connectivity index (χ3n) is 2.41. The van der Waals surface area contributed by atoms with Gasteiger partial charge in [-0.15, -0.1) is 10.2 Å². The first-order valence-corrected chi connectivity index (χ1v) is 6.22. The summed E-state index contributed by atoms with van der Waals surface area (Å²) in [6.07, 6.45) is 0. The molecular formula is C13H13ClN4O.